The van der Waals surface area contributed by atoms with Crippen LogP contribution in [0.4, 0.5) is 0 Å². The summed E-state index contributed by atoms with van der Waals surface area (Å²) in [6.45, 7) is 9.50. The molecule has 0 N–H and O–H groups in total. The van der Waals surface area contributed by atoms with Gasteiger partial charge in [0.1, 0.15) is 25.2 Å². The van der Waals surface area contributed by atoms with E-state index in [0.717, 1.165) is 59.6 Å². The molecule has 0 saturated carbocycles. The minimum Gasteiger partial charge on any atom is -0.493 e. The predicted octanol–water partition coefficient (Wildman–Crippen LogP) is 6.42. The maximum absolute atomic E-state index is 6.14. The molecule has 0 saturated heterocycles. The highest BCUT2D eigenvalue weighted by atomic mass is 16.6. The number of hydrogen-bond acceptors (Lipinski definition) is 4. The van der Waals surface area contributed by atoms with Crippen LogP contribution in [-0.4, -0.2) is 26.0 Å². The zero-order valence-corrected chi connectivity index (χ0v) is 19.0. The molecule has 0 fully saturated rings. The lowest BCUT2D eigenvalue weighted by Gasteiger charge is -2.15. The molecule has 4 nitrogen and oxygen atoms in total. The molecule has 0 atom stereocenters. The molecule has 0 bridgehead atoms. The van der Waals surface area contributed by atoms with Crippen molar-refractivity contribution in [3.05, 3.63) is 70.8 Å². The summed E-state index contributed by atoms with van der Waals surface area (Å²) in [5.41, 5.74) is 5.54. The second-order valence-electron chi connectivity index (χ2n) is 7.39. The van der Waals surface area contributed by atoms with Gasteiger partial charge in [0.25, 0.3) is 0 Å². The quantitative estimate of drug-likeness (QED) is 0.231. The molecule has 0 aliphatic carbocycles. The Bertz CT molecular complexity index is 832. The molecule has 0 heterocycles. The Morgan fingerprint density at radius 3 is 2.50 bits per heavy atom. The first-order chi connectivity index (χ1) is 14.6. The molecule has 0 unspecified atom stereocenters. The lowest BCUT2D eigenvalue weighted by Crippen LogP contribution is -2.06. The van der Waals surface area contributed by atoms with Gasteiger partial charge in [0, 0.05) is 6.42 Å². The highest BCUT2D eigenvalue weighted by molar-refractivity contribution is 6.00. The molecule has 0 aliphatic heterocycles. The van der Waals surface area contributed by atoms with E-state index in [1.165, 1.54) is 5.56 Å². The van der Waals surface area contributed by atoms with E-state index < -0.39 is 0 Å². The summed E-state index contributed by atoms with van der Waals surface area (Å²) in [4.78, 5) is 5.05. The molecule has 2 rings (SSSR count). The summed E-state index contributed by atoms with van der Waals surface area (Å²) >= 11 is 0. The summed E-state index contributed by atoms with van der Waals surface area (Å²) in [6, 6.07) is 12.6. The van der Waals surface area contributed by atoms with Crippen LogP contribution in [0.1, 0.15) is 55.4 Å². The van der Waals surface area contributed by atoms with Crippen LogP contribution in [0.3, 0.4) is 0 Å². The topological polar surface area (TPSA) is 40.0 Å². The van der Waals surface area contributed by atoms with E-state index in [1.54, 1.807) is 7.11 Å². The van der Waals surface area contributed by atoms with Crippen LogP contribution in [0, 0.1) is 13.8 Å². The second-order valence-corrected chi connectivity index (χ2v) is 7.39. The van der Waals surface area contributed by atoms with Crippen molar-refractivity contribution in [2.24, 2.45) is 5.16 Å². The maximum Gasteiger partial charge on any atom is 0.125 e. The van der Waals surface area contributed by atoms with Crippen molar-refractivity contribution >= 4 is 5.71 Å². The number of oxime groups is 1. The van der Waals surface area contributed by atoms with E-state index in [1.807, 2.05) is 31.2 Å². The number of benzene rings is 2. The molecule has 0 radical (unpaired) electrons. The number of rotatable bonds is 12. The van der Waals surface area contributed by atoms with E-state index in [9.17, 15) is 0 Å². The number of nitrogens with zero attached hydrogens (tertiary/aromatic N) is 1. The fourth-order valence-corrected chi connectivity index (χ4v) is 3.34. The van der Waals surface area contributed by atoms with Crippen LogP contribution in [0.15, 0.2) is 53.7 Å². The van der Waals surface area contributed by atoms with Gasteiger partial charge in [-0.3, -0.25) is 0 Å². The third-order valence-electron chi connectivity index (χ3n) is 4.88. The Hall–Kier alpha value is -2.75. The number of unbranched alkanes of at least 4 members (excludes halogenated alkanes) is 1. The van der Waals surface area contributed by atoms with Crippen LogP contribution < -0.4 is 9.47 Å². The maximum atomic E-state index is 6.14. The largest absolute Gasteiger partial charge is 0.493 e. The van der Waals surface area contributed by atoms with Crippen molar-refractivity contribution in [1.82, 2.24) is 0 Å². The molecule has 30 heavy (non-hydrogen) atoms. The standard InChI is InChI=1S/C26H35NO3/c1-6-8-13-25(27-28-5)23-12-10-11-22(19-23)14-16-30-26-20(3)17-24(18-21(26)4)29-15-9-7-2/h7,9-12,17-19H,6,8,13-16H2,1-5H3/b9-7+,27-25?. The molecule has 0 amide bonds. The van der Waals surface area contributed by atoms with Crippen LogP contribution in [-0.2, 0) is 11.3 Å². The Morgan fingerprint density at radius 2 is 1.83 bits per heavy atom. The fraction of sp³-hybridized carbons (Fsp3) is 0.423. The van der Waals surface area contributed by atoms with Gasteiger partial charge >= 0.3 is 0 Å². The average Bonchev–Trinajstić information content (AvgIpc) is 2.73. The molecule has 2 aromatic rings. The van der Waals surface area contributed by atoms with Crippen molar-refractivity contribution < 1.29 is 14.3 Å². The molecular formula is C26H35NO3. The average molecular weight is 410 g/mol. The van der Waals surface area contributed by atoms with E-state index in [2.05, 4.69) is 50.2 Å². The summed E-state index contributed by atoms with van der Waals surface area (Å²) < 4.78 is 11.9. The fourth-order valence-electron chi connectivity index (χ4n) is 3.34. The van der Waals surface area contributed by atoms with E-state index in [0.29, 0.717) is 13.2 Å². The van der Waals surface area contributed by atoms with Gasteiger partial charge in [-0.05, 0) is 74.1 Å². The molecule has 0 spiro atoms. The third-order valence-corrected chi connectivity index (χ3v) is 4.88. The van der Waals surface area contributed by atoms with Crippen molar-refractivity contribution in [3.8, 4) is 11.5 Å². The van der Waals surface area contributed by atoms with Gasteiger partial charge in [0.05, 0.1) is 12.3 Å². The summed E-state index contributed by atoms with van der Waals surface area (Å²) in [6.07, 6.45) is 7.97. The first-order valence-corrected chi connectivity index (χ1v) is 10.8. The van der Waals surface area contributed by atoms with Gasteiger partial charge < -0.3 is 14.3 Å². The molecular weight excluding hydrogens is 374 g/mol. The molecule has 2 aromatic carbocycles. The smallest absolute Gasteiger partial charge is 0.125 e. The molecule has 162 valence electrons. The Balaban J connectivity index is 2.00. The van der Waals surface area contributed by atoms with Gasteiger partial charge in [-0.25, -0.2) is 0 Å². The Morgan fingerprint density at radius 1 is 1.07 bits per heavy atom. The van der Waals surface area contributed by atoms with Gasteiger partial charge in [-0.15, -0.1) is 0 Å². The highest BCUT2D eigenvalue weighted by Crippen LogP contribution is 2.28. The van der Waals surface area contributed by atoms with E-state index in [-0.39, 0.29) is 0 Å². The van der Waals surface area contributed by atoms with Crippen LogP contribution in [0.2, 0.25) is 0 Å². The zero-order chi connectivity index (χ0) is 21.8. The van der Waals surface area contributed by atoms with Gasteiger partial charge in [0.2, 0.25) is 0 Å². The lowest BCUT2D eigenvalue weighted by molar-refractivity contribution is 0.212. The predicted molar refractivity (Wildman–Crippen MR) is 125 cm³/mol. The number of allylic oxidation sites excluding steroid dienone is 1. The second kappa shape index (κ2) is 12.7. The zero-order valence-electron chi connectivity index (χ0n) is 19.0. The third kappa shape index (κ3) is 7.25. The molecule has 0 aromatic heterocycles. The first-order valence-electron chi connectivity index (χ1n) is 10.8. The monoisotopic (exact) mass is 409 g/mol. The van der Waals surface area contributed by atoms with E-state index in [4.69, 9.17) is 14.3 Å². The van der Waals surface area contributed by atoms with Gasteiger partial charge in [0.15, 0.2) is 0 Å². The van der Waals surface area contributed by atoms with Crippen LogP contribution in [0.5, 0.6) is 11.5 Å². The van der Waals surface area contributed by atoms with Gasteiger partial charge in [-0.1, -0.05) is 48.9 Å². The lowest BCUT2D eigenvalue weighted by atomic mass is 10.0. The van der Waals surface area contributed by atoms with Crippen molar-refractivity contribution in [1.29, 1.82) is 0 Å². The summed E-state index contributed by atoms with van der Waals surface area (Å²) in [5, 5.41) is 4.23. The van der Waals surface area contributed by atoms with Crippen LogP contribution >= 0.6 is 0 Å². The number of hydrogen-bond donors (Lipinski definition) is 0. The van der Waals surface area contributed by atoms with Crippen molar-refractivity contribution in [3.63, 3.8) is 0 Å². The highest BCUT2D eigenvalue weighted by Gasteiger charge is 2.09. The minimum absolute atomic E-state index is 0.582. The first kappa shape index (κ1) is 23.5. The summed E-state index contributed by atoms with van der Waals surface area (Å²) in [7, 11) is 1.60. The SMILES string of the molecule is C/C=C/COc1cc(C)c(OCCc2cccc(C(CCCC)=NOC)c2)c(C)c1. The van der Waals surface area contributed by atoms with Crippen LogP contribution in [0.25, 0.3) is 0 Å². The van der Waals surface area contributed by atoms with Gasteiger partial charge in [-0.2, -0.15) is 0 Å². The molecule has 4 heteroatoms. The van der Waals surface area contributed by atoms with E-state index >= 15 is 0 Å². The molecule has 0 aliphatic rings. The number of aryl methyl sites for hydroxylation is 2. The Kier molecular flexibility index (Phi) is 9.99. The minimum atomic E-state index is 0.582. The Labute approximate surface area is 181 Å². The summed E-state index contributed by atoms with van der Waals surface area (Å²) in [5.74, 6) is 1.81. The normalized spacial score (nSPS) is 11.7. The van der Waals surface area contributed by atoms with Crippen molar-refractivity contribution in [2.45, 2.75) is 53.4 Å². The van der Waals surface area contributed by atoms with Crippen molar-refractivity contribution in [2.75, 3.05) is 20.3 Å². The number of ether oxygens (including phenoxy) is 2.